The molecule has 0 unspecified atom stereocenters. The summed E-state index contributed by atoms with van der Waals surface area (Å²) < 4.78 is 12.3. The molecule has 0 radical (unpaired) electrons. The lowest BCUT2D eigenvalue weighted by molar-refractivity contribution is 0.313. The number of nitrogen functional groups attached to an aromatic ring is 1. The molecule has 0 saturated carbocycles. The lowest BCUT2D eigenvalue weighted by Crippen LogP contribution is -2.23. The summed E-state index contributed by atoms with van der Waals surface area (Å²) in [6, 6.07) is 7.85. The van der Waals surface area contributed by atoms with Crippen LogP contribution < -0.4 is 5.73 Å². The molecule has 4 nitrogen and oxygen atoms in total. The van der Waals surface area contributed by atoms with Gasteiger partial charge in [-0.25, -0.2) is 4.31 Å². The largest absolute Gasteiger partial charge is 0.399 e. The summed E-state index contributed by atoms with van der Waals surface area (Å²) in [5.74, 6) is 0. The van der Waals surface area contributed by atoms with Crippen LogP contribution in [0.3, 0.4) is 0 Å². The van der Waals surface area contributed by atoms with Crippen LogP contribution in [-0.4, -0.2) is 30.6 Å². The molecule has 0 aromatic heterocycles. The Kier molecular flexibility index (Phi) is 8.92. The van der Waals surface area contributed by atoms with Crippen LogP contribution in [-0.2, 0) is 6.13 Å². The van der Waals surface area contributed by atoms with Gasteiger partial charge in [-0.3, -0.25) is 0 Å². The van der Waals surface area contributed by atoms with E-state index in [4.69, 9.17) is 11.9 Å². The number of hydrogen-bond acceptors (Lipinski definition) is 5. The predicted molar refractivity (Wildman–Crippen MR) is 88.2 cm³/mol. The third-order valence-corrected chi connectivity index (χ3v) is 3.94. The summed E-state index contributed by atoms with van der Waals surface area (Å²) >= 11 is 5.51. The van der Waals surface area contributed by atoms with Crippen LogP contribution in [0.4, 0.5) is 5.69 Å². The highest BCUT2D eigenvalue weighted by atomic mass is 127. The number of anilines is 1. The van der Waals surface area contributed by atoms with Gasteiger partial charge in [0.2, 0.25) is 0 Å². The number of nitrogens with two attached hydrogens (primary N) is 1. The number of nitrogens with zero attached hydrogens (tertiary/aromatic N) is 1. The second kappa shape index (κ2) is 9.62. The van der Waals surface area contributed by atoms with Gasteiger partial charge < -0.3 is 11.9 Å². The van der Waals surface area contributed by atoms with E-state index >= 15 is 0 Å². The van der Waals surface area contributed by atoms with E-state index in [1.54, 1.807) is 11.9 Å². The molecule has 96 valence electrons. The number of hydrogen-bond donors (Lipinski definition) is 1. The SMILES string of the molecule is Nc1ccc(SN(CCOI)CCOI)cc1. The monoisotopic (exact) mass is 480 g/mol. The van der Waals surface area contributed by atoms with E-state index in [0.29, 0.717) is 13.2 Å². The average molecular weight is 480 g/mol. The van der Waals surface area contributed by atoms with Crippen LogP contribution >= 0.6 is 58.0 Å². The molecule has 0 aliphatic carbocycles. The molecule has 0 heterocycles. The van der Waals surface area contributed by atoms with Crippen molar-refractivity contribution in [2.45, 2.75) is 4.90 Å². The smallest absolute Gasteiger partial charge is 0.109 e. The molecule has 1 rings (SSSR count). The first-order chi connectivity index (χ1) is 8.26. The van der Waals surface area contributed by atoms with Gasteiger partial charge in [-0.1, -0.05) is 0 Å². The zero-order chi connectivity index (χ0) is 12.5. The highest BCUT2D eigenvalue weighted by Crippen LogP contribution is 2.23. The predicted octanol–water partition coefficient (Wildman–Crippen LogP) is 3.31. The Morgan fingerprint density at radius 2 is 1.59 bits per heavy atom. The molecule has 0 atom stereocenters. The van der Waals surface area contributed by atoms with Crippen LogP contribution in [0.15, 0.2) is 29.2 Å². The fourth-order valence-electron chi connectivity index (χ4n) is 1.15. The van der Waals surface area contributed by atoms with Crippen molar-refractivity contribution in [2.75, 3.05) is 32.0 Å². The first-order valence-corrected chi connectivity index (χ1v) is 7.55. The lowest BCUT2D eigenvalue weighted by atomic mass is 10.3. The number of benzene rings is 1. The van der Waals surface area contributed by atoms with Gasteiger partial charge in [0, 0.05) is 23.7 Å². The molecule has 0 amide bonds. The zero-order valence-electron chi connectivity index (χ0n) is 9.14. The van der Waals surface area contributed by atoms with Crippen molar-refractivity contribution in [3.8, 4) is 0 Å². The molecular formula is C10H14I2N2O2S. The molecule has 17 heavy (non-hydrogen) atoms. The third kappa shape index (κ3) is 7.01. The zero-order valence-corrected chi connectivity index (χ0v) is 14.3. The Hall–Kier alpha value is 0.710. The highest BCUT2D eigenvalue weighted by Gasteiger charge is 2.07. The Labute approximate surface area is 134 Å². The lowest BCUT2D eigenvalue weighted by Gasteiger charge is -2.19. The first kappa shape index (κ1) is 15.8. The third-order valence-electron chi connectivity index (χ3n) is 1.95. The van der Waals surface area contributed by atoms with E-state index in [0.717, 1.165) is 18.8 Å². The first-order valence-electron chi connectivity index (χ1n) is 5.02. The van der Waals surface area contributed by atoms with Gasteiger partial charge in [-0.05, 0) is 36.2 Å². The number of halogens is 2. The van der Waals surface area contributed by atoms with Crippen molar-refractivity contribution in [1.29, 1.82) is 0 Å². The summed E-state index contributed by atoms with van der Waals surface area (Å²) in [4.78, 5) is 1.17. The van der Waals surface area contributed by atoms with E-state index in [9.17, 15) is 0 Å². The molecule has 0 fully saturated rings. The molecule has 1 aromatic rings. The van der Waals surface area contributed by atoms with Gasteiger partial charge in [0.05, 0.1) is 13.2 Å². The van der Waals surface area contributed by atoms with Crippen LogP contribution in [0, 0.1) is 0 Å². The second-order valence-corrected chi connectivity index (χ2v) is 5.63. The van der Waals surface area contributed by atoms with E-state index in [1.165, 1.54) is 4.90 Å². The molecule has 0 bridgehead atoms. The molecule has 0 saturated heterocycles. The quantitative estimate of drug-likeness (QED) is 0.352. The van der Waals surface area contributed by atoms with Crippen molar-refractivity contribution in [3.05, 3.63) is 24.3 Å². The molecule has 0 aliphatic heterocycles. The van der Waals surface area contributed by atoms with Gasteiger partial charge in [0.25, 0.3) is 0 Å². The summed E-state index contributed by atoms with van der Waals surface area (Å²) in [7, 11) is 0. The summed E-state index contributed by atoms with van der Waals surface area (Å²) in [6.45, 7) is 3.11. The van der Waals surface area contributed by atoms with Crippen LogP contribution in [0.1, 0.15) is 0 Å². The maximum atomic E-state index is 5.65. The maximum Gasteiger partial charge on any atom is 0.109 e. The molecular weight excluding hydrogens is 466 g/mol. The van der Waals surface area contributed by atoms with Crippen molar-refractivity contribution < 1.29 is 6.13 Å². The fourth-order valence-corrected chi connectivity index (χ4v) is 2.43. The van der Waals surface area contributed by atoms with Crippen molar-refractivity contribution in [2.24, 2.45) is 0 Å². The summed E-state index contributed by atoms with van der Waals surface area (Å²) in [6.07, 6.45) is 0. The van der Waals surface area contributed by atoms with Crippen LogP contribution in [0.2, 0.25) is 0 Å². The summed E-state index contributed by atoms with van der Waals surface area (Å²) in [5, 5.41) is 0. The minimum atomic E-state index is 0.698. The molecule has 7 heteroatoms. The minimum absolute atomic E-state index is 0.698. The van der Waals surface area contributed by atoms with Gasteiger partial charge >= 0.3 is 0 Å². The van der Waals surface area contributed by atoms with Gasteiger partial charge in [-0.2, -0.15) is 0 Å². The van der Waals surface area contributed by atoms with Crippen LogP contribution in [0.25, 0.3) is 0 Å². The van der Waals surface area contributed by atoms with E-state index < -0.39 is 0 Å². The standard InChI is InChI=1S/C10H14I2N2O2S/c11-15-7-5-14(6-8-16-12)17-10-3-1-9(13)2-4-10/h1-4H,5-8,13H2. The Balaban J connectivity index is 2.48. The fraction of sp³-hybridized carbons (Fsp3) is 0.400. The molecule has 2 N–H and O–H groups in total. The van der Waals surface area contributed by atoms with E-state index in [1.807, 2.05) is 70.3 Å². The minimum Gasteiger partial charge on any atom is -0.399 e. The normalized spacial score (nSPS) is 11.0. The molecule has 1 aromatic carbocycles. The number of rotatable bonds is 8. The van der Waals surface area contributed by atoms with Gasteiger partial charge in [0.15, 0.2) is 0 Å². The molecule has 0 aliphatic rings. The average Bonchev–Trinajstić information content (AvgIpc) is 2.35. The van der Waals surface area contributed by atoms with Crippen molar-refractivity contribution in [3.63, 3.8) is 0 Å². The Morgan fingerprint density at radius 3 is 2.06 bits per heavy atom. The Bertz CT molecular complexity index is 306. The second-order valence-electron chi connectivity index (χ2n) is 3.22. The van der Waals surface area contributed by atoms with E-state index in [-0.39, 0.29) is 0 Å². The maximum absolute atomic E-state index is 5.65. The van der Waals surface area contributed by atoms with Crippen LogP contribution in [0.5, 0.6) is 0 Å². The van der Waals surface area contributed by atoms with E-state index in [2.05, 4.69) is 4.31 Å². The summed E-state index contributed by atoms with van der Waals surface area (Å²) in [5.41, 5.74) is 6.44. The Morgan fingerprint density at radius 1 is 1.06 bits per heavy atom. The topological polar surface area (TPSA) is 47.7 Å². The van der Waals surface area contributed by atoms with Gasteiger partial charge in [0.1, 0.15) is 46.0 Å². The van der Waals surface area contributed by atoms with Gasteiger partial charge in [-0.15, -0.1) is 0 Å². The van der Waals surface area contributed by atoms with Crippen molar-refractivity contribution >= 4 is 63.6 Å². The highest BCUT2D eigenvalue weighted by molar-refractivity contribution is 14.1. The molecule has 0 spiro atoms. The van der Waals surface area contributed by atoms with Crippen molar-refractivity contribution in [1.82, 2.24) is 4.31 Å².